The van der Waals surface area contributed by atoms with Crippen molar-refractivity contribution >= 4 is 21.5 Å². The van der Waals surface area contributed by atoms with Crippen LogP contribution in [-0.2, 0) is 43.3 Å². The topological polar surface area (TPSA) is 0 Å². The van der Waals surface area contributed by atoms with Crippen LogP contribution in [0.1, 0.15) is 211 Å². The Hall–Kier alpha value is -6.50. The lowest BCUT2D eigenvalue weighted by molar-refractivity contribution is 0.577. The Morgan fingerprint density at radius 3 is 0.890 bits per heavy atom. The van der Waals surface area contributed by atoms with E-state index in [1.807, 2.05) is 0 Å². The molecular weight excluding hydrogens is 985 g/mol. The van der Waals surface area contributed by atoms with Gasteiger partial charge in [-0.25, -0.2) is 0 Å². The highest BCUT2D eigenvalue weighted by Gasteiger charge is 2.21. The smallest absolute Gasteiger partial charge is 0.0102 e. The maximum absolute atomic E-state index is 2.34. The summed E-state index contributed by atoms with van der Waals surface area (Å²) < 4.78 is 0. The fourth-order valence-electron chi connectivity index (χ4n) is 10.2. The molecule has 0 bridgehead atoms. The second kappa shape index (κ2) is 24.8. The maximum atomic E-state index is 2.34. The monoisotopic (exact) mass is 1090 g/mol. The molecule has 0 saturated carbocycles. The van der Waals surface area contributed by atoms with Crippen LogP contribution in [0, 0.1) is 0 Å². The van der Waals surface area contributed by atoms with Gasteiger partial charge in [-0.15, -0.1) is 0 Å². The van der Waals surface area contributed by atoms with Gasteiger partial charge in [-0.1, -0.05) is 354 Å². The number of rotatable bonds is 3. The Labute approximate surface area is 500 Å². The van der Waals surface area contributed by atoms with E-state index in [-0.39, 0.29) is 43.3 Å². The highest BCUT2D eigenvalue weighted by atomic mass is 14.3. The van der Waals surface area contributed by atoms with Gasteiger partial charge in [-0.05, 0) is 149 Å². The van der Waals surface area contributed by atoms with E-state index >= 15 is 0 Å². The van der Waals surface area contributed by atoms with Crippen molar-refractivity contribution in [2.24, 2.45) is 0 Å². The Balaban J connectivity index is 0.000000179. The van der Waals surface area contributed by atoms with Gasteiger partial charge in [0, 0.05) is 0 Å². The fraction of sp³-hybridized carbons (Fsp3) is 0.390. The molecule has 0 radical (unpaired) electrons. The first-order valence-corrected chi connectivity index (χ1v) is 30.3. The zero-order valence-electron chi connectivity index (χ0n) is 55.5. The molecule has 0 aliphatic heterocycles. The first-order valence-electron chi connectivity index (χ1n) is 30.3. The molecule has 0 spiro atoms. The van der Waals surface area contributed by atoms with Gasteiger partial charge in [0.1, 0.15) is 0 Å². The van der Waals surface area contributed by atoms with Gasteiger partial charge in [0.2, 0.25) is 0 Å². The Bertz CT molecular complexity index is 3430. The van der Waals surface area contributed by atoms with E-state index in [0.29, 0.717) is 0 Å². The molecule has 0 heteroatoms. The minimum absolute atomic E-state index is 0.147. The van der Waals surface area contributed by atoms with Crippen LogP contribution in [0.25, 0.3) is 54.9 Å². The van der Waals surface area contributed by atoms with Gasteiger partial charge in [-0.3, -0.25) is 0 Å². The molecular formula is C82H104. The van der Waals surface area contributed by atoms with E-state index in [1.165, 1.54) is 99.4 Å². The Morgan fingerprint density at radius 1 is 0.183 bits per heavy atom. The molecule has 0 unspecified atom stereocenters. The number of hydrogen-bond donors (Lipinski definition) is 0. The molecule has 0 atom stereocenters. The van der Waals surface area contributed by atoms with Crippen molar-refractivity contribution in [3.63, 3.8) is 0 Å². The second-order valence-corrected chi connectivity index (χ2v) is 31.4. The van der Waals surface area contributed by atoms with E-state index < -0.39 is 0 Å². The first-order chi connectivity index (χ1) is 37.7. The molecule has 0 amide bonds. The van der Waals surface area contributed by atoms with Crippen LogP contribution in [0.4, 0.5) is 0 Å². The highest BCUT2D eigenvalue weighted by molar-refractivity contribution is 5.99. The molecule has 0 fully saturated rings. The molecule has 432 valence electrons. The third-order valence-corrected chi connectivity index (χ3v) is 16.0. The molecule has 0 saturated heterocycles. The third kappa shape index (κ3) is 17.3. The summed E-state index contributed by atoms with van der Waals surface area (Å²) >= 11 is 0. The summed E-state index contributed by atoms with van der Waals surface area (Å²) in [4.78, 5) is 0. The minimum Gasteiger partial charge on any atom is -0.0614 e. The van der Waals surface area contributed by atoms with Crippen molar-refractivity contribution in [2.45, 2.75) is 209 Å². The maximum Gasteiger partial charge on any atom is -0.0102 e. The van der Waals surface area contributed by atoms with Crippen molar-refractivity contribution < 1.29 is 0 Å². The predicted octanol–water partition coefficient (Wildman–Crippen LogP) is 24.4. The molecule has 0 aromatic heterocycles. The van der Waals surface area contributed by atoms with Crippen LogP contribution in [0.5, 0.6) is 0 Å². The average molecular weight is 1090 g/mol. The van der Waals surface area contributed by atoms with Crippen molar-refractivity contribution in [1.82, 2.24) is 0 Å². The Morgan fingerprint density at radius 2 is 0.488 bits per heavy atom. The van der Waals surface area contributed by atoms with Gasteiger partial charge in [-0.2, -0.15) is 0 Å². The van der Waals surface area contributed by atoms with Gasteiger partial charge in [0.15, 0.2) is 0 Å². The summed E-state index contributed by atoms with van der Waals surface area (Å²) in [5.74, 6) is 0. The lowest BCUT2D eigenvalue weighted by Gasteiger charge is -2.23. The third-order valence-electron chi connectivity index (χ3n) is 16.0. The average Bonchev–Trinajstić information content (AvgIpc) is 3.45. The van der Waals surface area contributed by atoms with Crippen LogP contribution in [-0.4, -0.2) is 0 Å². The lowest BCUT2D eigenvalue weighted by atomic mass is 9.82. The Kier molecular flexibility index (Phi) is 19.5. The highest BCUT2D eigenvalue weighted by Crippen LogP contribution is 2.38. The van der Waals surface area contributed by atoms with Crippen LogP contribution < -0.4 is 0 Å². The van der Waals surface area contributed by atoms with Crippen LogP contribution >= 0.6 is 0 Å². The van der Waals surface area contributed by atoms with Gasteiger partial charge >= 0.3 is 0 Å². The largest absolute Gasteiger partial charge is 0.0614 e. The molecule has 0 aliphatic carbocycles. The van der Waals surface area contributed by atoms with Crippen molar-refractivity contribution in [2.75, 3.05) is 0 Å². The van der Waals surface area contributed by atoms with E-state index in [0.717, 1.165) is 0 Å². The van der Waals surface area contributed by atoms with Crippen LogP contribution in [0.3, 0.4) is 0 Å². The summed E-state index contributed by atoms with van der Waals surface area (Å²) in [5.41, 5.74) is 20.6. The fourth-order valence-corrected chi connectivity index (χ4v) is 10.2. The van der Waals surface area contributed by atoms with Gasteiger partial charge in [0.05, 0.1) is 0 Å². The summed E-state index contributed by atoms with van der Waals surface area (Å²) in [6.07, 6.45) is 0. The summed E-state index contributed by atoms with van der Waals surface area (Å²) in [6.45, 7) is 54.3. The van der Waals surface area contributed by atoms with Crippen LogP contribution in [0.2, 0.25) is 0 Å². The molecule has 9 aromatic carbocycles. The molecule has 0 aliphatic rings. The second-order valence-electron chi connectivity index (χ2n) is 31.4. The lowest BCUT2D eigenvalue weighted by Crippen LogP contribution is -2.14. The minimum atomic E-state index is 0.147. The number of hydrogen-bond acceptors (Lipinski definition) is 0. The normalized spacial score (nSPS) is 12.6. The van der Waals surface area contributed by atoms with Crippen LogP contribution in [0.15, 0.2) is 194 Å². The SMILES string of the molecule is CC(C)(C)c1ccc(-c2ccc3ccc(C(C)(C)C)cc3c2)cc1.CC(C)(C)c1ccc(-c2cccc3c(C(C)(C)C)cccc23)cc1.CC(C)(C)c1ccc(C(C)(C)C)cc1.CC(C)(C)c1cccc(-c2cccc(C(C)(C)C)c2)c1. The quantitative estimate of drug-likeness (QED) is 0.165. The van der Waals surface area contributed by atoms with Crippen molar-refractivity contribution in [3.8, 4) is 33.4 Å². The molecule has 9 aromatic rings. The van der Waals surface area contributed by atoms with Crippen molar-refractivity contribution in [3.05, 3.63) is 239 Å². The van der Waals surface area contributed by atoms with E-state index in [9.17, 15) is 0 Å². The summed E-state index contributed by atoms with van der Waals surface area (Å²) in [6, 6.07) is 71.9. The van der Waals surface area contributed by atoms with E-state index in [1.54, 1.807) is 0 Å². The molecule has 9 rings (SSSR count). The van der Waals surface area contributed by atoms with Gasteiger partial charge in [0.25, 0.3) is 0 Å². The number of benzene rings is 9. The van der Waals surface area contributed by atoms with E-state index in [4.69, 9.17) is 0 Å². The number of fused-ring (bicyclic) bond motifs is 2. The predicted molar refractivity (Wildman–Crippen MR) is 367 cm³/mol. The first kappa shape index (κ1) is 64.7. The zero-order valence-corrected chi connectivity index (χ0v) is 55.5. The van der Waals surface area contributed by atoms with Crippen molar-refractivity contribution in [1.29, 1.82) is 0 Å². The van der Waals surface area contributed by atoms with E-state index in [2.05, 4.69) is 360 Å². The summed E-state index contributed by atoms with van der Waals surface area (Å²) in [7, 11) is 0. The zero-order chi connectivity index (χ0) is 61.0. The van der Waals surface area contributed by atoms with Gasteiger partial charge < -0.3 is 0 Å². The standard InChI is InChI=1S/2C24H28.C20H26.C14H22/c1-23(2,3)18-15-13-17(14-16-18)19-9-7-11-21-20(19)10-8-12-22(21)24(4,5)6;1-23(2,3)21-12-9-17(10-13-21)19-8-7-18-11-14-22(24(4,5)6)16-20(18)15-19;1-19(2,3)17-11-7-9-15(13-17)16-10-8-12-18(14-16)20(4,5)6;1-13(2,3)11-7-9-12(10-8-11)14(4,5)6/h2*7-16H,1-6H3;7-14H,1-6H3;7-10H,1-6H3. The molecule has 0 nitrogen and oxygen atoms in total. The molecule has 82 heavy (non-hydrogen) atoms. The summed E-state index contributed by atoms with van der Waals surface area (Å²) in [5, 5.41) is 5.33. The molecule has 0 N–H and O–H groups in total. The molecule has 0 heterocycles.